The fourth-order valence-electron chi connectivity index (χ4n) is 1.53. The highest BCUT2D eigenvalue weighted by molar-refractivity contribution is 7.71. The number of anilines is 1. The minimum atomic E-state index is 0.311. The molecule has 5 heteroatoms. The molecule has 1 heterocycles. The van der Waals surface area contributed by atoms with Crippen molar-refractivity contribution in [1.29, 1.82) is 0 Å². The van der Waals surface area contributed by atoms with Crippen LogP contribution in [-0.4, -0.2) is 14.8 Å². The van der Waals surface area contributed by atoms with E-state index in [0.29, 0.717) is 22.7 Å². The molecule has 0 aliphatic carbocycles. The Morgan fingerprint density at radius 3 is 2.54 bits per heavy atom. The van der Waals surface area contributed by atoms with E-state index in [-0.39, 0.29) is 0 Å². The van der Waals surface area contributed by atoms with Crippen molar-refractivity contribution in [3.63, 3.8) is 0 Å². The van der Waals surface area contributed by atoms with Crippen molar-refractivity contribution in [3.05, 3.63) is 4.77 Å². The topological polar surface area (TPSA) is 59.6 Å². The summed E-state index contributed by atoms with van der Waals surface area (Å²) >= 11 is 5.07. The van der Waals surface area contributed by atoms with Crippen molar-refractivity contribution in [2.75, 3.05) is 5.73 Å². The third-order valence-electron chi connectivity index (χ3n) is 1.99. The quantitative estimate of drug-likeness (QED) is 0.735. The van der Waals surface area contributed by atoms with Crippen LogP contribution >= 0.6 is 12.2 Å². The predicted molar refractivity (Wildman–Crippen MR) is 56.0 cm³/mol. The summed E-state index contributed by atoms with van der Waals surface area (Å²) in [5.41, 5.74) is 5.67. The Labute approximate surface area is 83.1 Å². The van der Waals surface area contributed by atoms with Gasteiger partial charge in [-0.25, -0.2) is 5.10 Å². The maximum Gasteiger partial charge on any atom is 0.220 e. The number of rotatable bonds is 3. The van der Waals surface area contributed by atoms with Crippen molar-refractivity contribution in [2.45, 2.75) is 33.2 Å². The highest BCUT2D eigenvalue weighted by atomic mass is 32.1. The zero-order valence-electron chi connectivity index (χ0n) is 8.24. The Hall–Kier alpha value is -0.840. The molecule has 0 spiro atoms. The number of hydrogen-bond acceptors (Lipinski definition) is 3. The first-order valence-corrected chi connectivity index (χ1v) is 4.85. The normalized spacial score (nSPS) is 13.5. The lowest BCUT2D eigenvalue weighted by Crippen LogP contribution is -2.11. The number of aromatic amines is 1. The van der Waals surface area contributed by atoms with E-state index in [0.717, 1.165) is 6.42 Å². The average Bonchev–Trinajstić information content (AvgIpc) is 2.29. The largest absolute Gasteiger partial charge is 0.368 e. The van der Waals surface area contributed by atoms with Crippen LogP contribution in [0, 0.1) is 10.7 Å². The van der Waals surface area contributed by atoms with Crippen molar-refractivity contribution in [1.82, 2.24) is 14.8 Å². The van der Waals surface area contributed by atoms with E-state index in [9.17, 15) is 0 Å². The lowest BCUT2D eigenvalue weighted by Gasteiger charge is -2.15. The molecule has 0 saturated heterocycles. The van der Waals surface area contributed by atoms with Crippen LogP contribution in [-0.2, 0) is 0 Å². The van der Waals surface area contributed by atoms with Crippen LogP contribution in [0.15, 0.2) is 0 Å². The van der Waals surface area contributed by atoms with Gasteiger partial charge in [0.25, 0.3) is 0 Å². The Morgan fingerprint density at radius 2 is 2.15 bits per heavy atom. The van der Waals surface area contributed by atoms with Gasteiger partial charge in [-0.3, -0.25) is 4.57 Å². The summed E-state index contributed by atoms with van der Waals surface area (Å²) in [5.74, 6) is 1.10. The van der Waals surface area contributed by atoms with Crippen molar-refractivity contribution < 1.29 is 0 Å². The van der Waals surface area contributed by atoms with Crippen LogP contribution in [0.1, 0.15) is 33.2 Å². The molecule has 74 valence electrons. The second-order valence-corrected chi connectivity index (χ2v) is 4.12. The molecule has 0 amide bonds. The smallest absolute Gasteiger partial charge is 0.220 e. The standard InChI is InChI=1S/C8H16N4S/c1-5(2)4-6(3)12-7(9)10-11-8(12)13/h5-6H,4H2,1-3H3,(H2,9,10)(H,11,13). The molecule has 0 aromatic carbocycles. The molecular weight excluding hydrogens is 184 g/mol. The lowest BCUT2D eigenvalue weighted by molar-refractivity contribution is 0.428. The minimum absolute atomic E-state index is 0.311. The average molecular weight is 200 g/mol. The SMILES string of the molecule is CC(C)CC(C)n1c(N)n[nH]c1=S. The Morgan fingerprint density at radius 1 is 1.54 bits per heavy atom. The second-order valence-electron chi connectivity index (χ2n) is 3.74. The first kappa shape index (κ1) is 10.2. The zero-order valence-corrected chi connectivity index (χ0v) is 9.06. The Bertz CT molecular complexity index is 325. The molecule has 0 aliphatic rings. The lowest BCUT2D eigenvalue weighted by atomic mass is 10.1. The summed E-state index contributed by atoms with van der Waals surface area (Å²) < 4.78 is 2.46. The molecule has 1 aromatic heterocycles. The molecule has 1 rings (SSSR count). The number of nitrogen functional groups attached to an aromatic ring is 1. The summed E-state index contributed by atoms with van der Waals surface area (Å²) in [4.78, 5) is 0. The number of H-pyrrole nitrogens is 1. The summed E-state index contributed by atoms with van der Waals surface area (Å²) in [6.45, 7) is 6.45. The van der Waals surface area contributed by atoms with Gasteiger partial charge in [0.05, 0.1) is 0 Å². The van der Waals surface area contributed by atoms with E-state index in [1.807, 2.05) is 4.57 Å². The van der Waals surface area contributed by atoms with Crippen LogP contribution < -0.4 is 5.73 Å². The van der Waals surface area contributed by atoms with Crippen LogP contribution in [0.25, 0.3) is 0 Å². The van der Waals surface area contributed by atoms with Gasteiger partial charge >= 0.3 is 0 Å². The van der Waals surface area contributed by atoms with E-state index >= 15 is 0 Å². The number of hydrogen-bond donors (Lipinski definition) is 2. The van der Waals surface area contributed by atoms with E-state index in [1.54, 1.807) is 0 Å². The summed E-state index contributed by atoms with van der Waals surface area (Å²) in [6.07, 6.45) is 1.05. The minimum Gasteiger partial charge on any atom is -0.368 e. The van der Waals surface area contributed by atoms with Gasteiger partial charge in [-0.15, -0.1) is 5.10 Å². The molecule has 0 saturated carbocycles. The molecule has 1 aromatic rings. The summed E-state index contributed by atoms with van der Waals surface area (Å²) in [6, 6.07) is 0.311. The number of nitrogens with one attached hydrogen (secondary N) is 1. The first-order valence-electron chi connectivity index (χ1n) is 4.44. The van der Waals surface area contributed by atoms with Crippen molar-refractivity contribution in [3.8, 4) is 0 Å². The first-order chi connectivity index (χ1) is 6.02. The number of nitrogens with two attached hydrogens (primary N) is 1. The van der Waals surface area contributed by atoms with E-state index in [4.69, 9.17) is 18.0 Å². The van der Waals surface area contributed by atoms with Gasteiger partial charge < -0.3 is 5.73 Å². The molecule has 0 bridgehead atoms. The second kappa shape index (κ2) is 3.91. The van der Waals surface area contributed by atoms with Crippen molar-refractivity contribution in [2.24, 2.45) is 5.92 Å². The fraction of sp³-hybridized carbons (Fsp3) is 0.750. The number of aromatic nitrogens is 3. The van der Waals surface area contributed by atoms with Gasteiger partial charge in [-0.05, 0) is 31.5 Å². The van der Waals surface area contributed by atoms with E-state index in [2.05, 4.69) is 31.0 Å². The Kier molecular flexibility index (Phi) is 3.08. The van der Waals surface area contributed by atoms with Gasteiger partial charge in [-0.2, -0.15) is 0 Å². The highest BCUT2D eigenvalue weighted by Crippen LogP contribution is 2.19. The molecule has 0 radical (unpaired) electrons. The molecule has 1 unspecified atom stereocenters. The van der Waals surface area contributed by atoms with E-state index < -0.39 is 0 Å². The summed E-state index contributed by atoms with van der Waals surface area (Å²) in [5, 5.41) is 6.55. The molecular formula is C8H16N4S. The molecule has 4 nitrogen and oxygen atoms in total. The molecule has 0 fully saturated rings. The Balaban J connectivity index is 2.88. The van der Waals surface area contributed by atoms with Gasteiger partial charge in [0.15, 0.2) is 4.77 Å². The fourth-order valence-corrected chi connectivity index (χ4v) is 1.85. The number of nitrogens with zero attached hydrogens (tertiary/aromatic N) is 2. The van der Waals surface area contributed by atoms with Gasteiger partial charge in [-0.1, -0.05) is 13.8 Å². The molecule has 0 aliphatic heterocycles. The summed E-state index contributed by atoms with van der Waals surface area (Å²) in [7, 11) is 0. The molecule has 13 heavy (non-hydrogen) atoms. The van der Waals surface area contributed by atoms with Crippen LogP contribution in [0.4, 0.5) is 5.95 Å². The van der Waals surface area contributed by atoms with E-state index in [1.165, 1.54) is 0 Å². The predicted octanol–water partition coefficient (Wildman–Crippen LogP) is 2.13. The highest BCUT2D eigenvalue weighted by Gasteiger charge is 2.11. The van der Waals surface area contributed by atoms with Crippen LogP contribution in [0.2, 0.25) is 0 Å². The van der Waals surface area contributed by atoms with Crippen molar-refractivity contribution >= 4 is 18.2 Å². The maximum absolute atomic E-state index is 5.67. The third kappa shape index (κ3) is 2.30. The maximum atomic E-state index is 5.67. The van der Waals surface area contributed by atoms with Gasteiger partial charge in [0.1, 0.15) is 0 Å². The molecule has 3 N–H and O–H groups in total. The third-order valence-corrected chi connectivity index (χ3v) is 2.27. The monoisotopic (exact) mass is 200 g/mol. The molecule has 1 atom stereocenters. The van der Waals surface area contributed by atoms with Crippen LogP contribution in [0.5, 0.6) is 0 Å². The van der Waals surface area contributed by atoms with Gasteiger partial charge in [0.2, 0.25) is 5.95 Å². The van der Waals surface area contributed by atoms with Gasteiger partial charge in [0, 0.05) is 6.04 Å². The zero-order chi connectivity index (χ0) is 10.0. The van der Waals surface area contributed by atoms with Crippen LogP contribution in [0.3, 0.4) is 0 Å².